The van der Waals surface area contributed by atoms with Crippen LogP contribution in [0.15, 0.2) is 21.3 Å². The van der Waals surface area contributed by atoms with Gasteiger partial charge in [0, 0.05) is 6.42 Å². The third-order valence-electron chi connectivity index (χ3n) is 2.16. The Morgan fingerprint density at radius 3 is 3.06 bits per heavy atom. The van der Waals surface area contributed by atoms with Crippen molar-refractivity contribution in [3.8, 4) is 23.9 Å². The van der Waals surface area contributed by atoms with E-state index in [2.05, 4.69) is 16.1 Å². The second-order valence-electron chi connectivity index (χ2n) is 3.40. The zero-order valence-corrected chi connectivity index (χ0v) is 8.80. The van der Waals surface area contributed by atoms with E-state index in [0.29, 0.717) is 23.9 Å². The maximum Gasteiger partial charge on any atom is 0.244 e. The molecule has 2 aromatic rings. The van der Waals surface area contributed by atoms with Crippen LogP contribution in [0.25, 0.3) is 11.6 Å². The number of aromatic nitrogens is 2. The normalized spacial score (nSPS) is 12.3. The van der Waals surface area contributed by atoms with Gasteiger partial charge in [-0.25, -0.2) is 0 Å². The topological polar surface area (TPSA) is 78.1 Å². The highest BCUT2D eigenvalue weighted by Gasteiger charge is 2.17. The minimum absolute atomic E-state index is 0.323. The average Bonchev–Trinajstić information content (AvgIpc) is 2.86. The van der Waals surface area contributed by atoms with E-state index in [0.717, 1.165) is 5.56 Å². The molecule has 2 N–H and O–H groups in total. The van der Waals surface area contributed by atoms with Gasteiger partial charge in [-0.1, -0.05) is 5.16 Å². The lowest BCUT2D eigenvalue weighted by Crippen LogP contribution is -2.09. The van der Waals surface area contributed by atoms with Crippen LogP contribution in [0.2, 0.25) is 0 Å². The molecule has 16 heavy (non-hydrogen) atoms. The van der Waals surface area contributed by atoms with E-state index in [1.54, 1.807) is 6.26 Å². The van der Waals surface area contributed by atoms with Crippen molar-refractivity contribution in [3.05, 3.63) is 23.8 Å². The number of nitrogens with two attached hydrogens (primary N) is 1. The minimum Gasteiger partial charge on any atom is -0.461 e. The Balaban J connectivity index is 2.27. The molecule has 2 aromatic heterocycles. The Bertz CT molecular complexity index is 521. The minimum atomic E-state index is -0.429. The van der Waals surface area contributed by atoms with Gasteiger partial charge in [0.2, 0.25) is 11.7 Å². The van der Waals surface area contributed by atoms with Gasteiger partial charge in [0.15, 0.2) is 5.76 Å². The summed E-state index contributed by atoms with van der Waals surface area (Å²) in [5, 5.41) is 3.79. The predicted octanol–water partition coefficient (Wildman–Crippen LogP) is 1.66. The molecule has 1 unspecified atom stereocenters. The molecule has 2 heterocycles. The molecule has 0 saturated heterocycles. The Morgan fingerprint density at radius 2 is 2.44 bits per heavy atom. The highest BCUT2D eigenvalue weighted by Crippen LogP contribution is 2.22. The van der Waals surface area contributed by atoms with Crippen molar-refractivity contribution >= 4 is 0 Å². The van der Waals surface area contributed by atoms with E-state index in [-0.39, 0.29) is 0 Å². The summed E-state index contributed by atoms with van der Waals surface area (Å²) in [7, 11) is 0. The average molecular weight is 217 g/mol. The second kappa shape index (κ2) is 4.21. The van der Waals surface area contributed by atoms with Gasteiger partial charge in [-0.15, -0.1) is 12.3 Å². The van der Waals surface area contributed by atoms with Crippen LogP contribution in [-0.2, 0) is 0 Å². The van der Waals surface area contributed by atoms with Crippen LogP contribution in [-0.4, -0.2) is 10.1 Å². The monoisotopic (exact) mass is 217 g/mol. The highest BCUT2D eigenvalue weighted by atomic mass is 16.5. The number of aryl methyl sites for hydroxylation is 1. The van der Waals surface area contributed by atoms with Crippen molar-refractivity contribution in [2.24, 2.45) is 5.73 Å². The maximum absolute atomic E-state index is 5.74. The molecule has 0 aliphatic heterocycles. The van der Waals surface area contributed by atoms with Gasteiger partial charge in [0.05, 0.1) is 12.3 Å². The lowest BCUT2D eigenvalue weighted by atomic mass is 10.2. The molecule has 0 spiro atoms. The maximum atomic E-state index is 5.74. The molecule has 0 aliphatic carbocycles. The largest absolute Gasteiger partial charge is 0.461 e. The molecule has 0 radical (unpaired) electrons. The number of nitrogens with zero attached hydrogens (tertiary/aromatic N) is 2. The summed E-state index contributed by atoms with van der Waals surface area (Å²) in [6, 6.07) is 1.40. The van der Waals surface area contributed by atoms with E-state index >= 15 is 0 Å². The molecule has 0 aromatic carbocycles. The number of hydrogen-bond donors (Lipinski definition) is 1. The quantitative estimate of drug-likeness (QED) is 0.791. The number of furan rings is 1. The molecule has 5 nitrogen and oxygen atoms in total. The fraction of sp³-hybridized carbons (Fsp3) is 0.273. The van der Waals surface area contributed by atoms with Gasteiger partial charge in [-0.2, -0.15) is 4.98 Å². The van der Waals surface area contributed by atoms with Gasteiger partial charge in [-0.3, -0.25) is 0 Å². The van der Waals surface area contributed by atoms with Gasteiger partial charge >= 0.3 is 0 Å². The lowest BCUT2D eigenvalue weighted by Gasteiger charge is -1.98. The first-order chi connectivity index (χ1) is 7.72. The Hall–Kier alpha value is -2.06. The Morgan fingerprint density at radius 1 is 1.62 bits per heavy atom. The molecule has 0 bridgehead atoms. The molecule has 0 amide bonds. The van der Waals surface area contributed by atoms with Crippen LogP contribution in [0, 0.1) is 19.3 Å². The van der Waals surface area contributed by atoms with Crippen LogP contribution in [0.4, 0.5) is 0 Å². The molecular formula is C11H11N3O2. The fourth-order valence-corrected chi connectivity index (χ4v) is 1.29. The summed E-state index contributed by atoms with van der Waals surface area (Å²) in [6.45, 7) is 1.90. The first-order valence-electron chi connectivity index (χ1n) is 4.79. The zero-order valence-electron chi connectivity index (χ0n) is 8.80. The van der Waals surface area contributed by atoms with E-state index in [4.69, 9.17) is 21.1 Å². The van der Waals surface area contributed by atoms with Gasteiger partial charge in [-0.05, 0) is 18.6 Å². The van der Waals surface area contributed by atoms with Crippen LogP contribution >= 0.6 is 0 Å². The summed E-state index contributed by atoms with van der Waals surface area (Å²) in [5.74, 6) is 3.75. The number of hydrogen-bond acceptors (Lipinski definition) is 5. The molecule has 5 heteroatoms. The van der Waals surface area contributed by atoms with Crippen LogP contribution < -0.4 is 5.73 Å². The summed E-state index contributed by atoms with van der Waals surface area (Å²) in [6.07, 6.45) is 7.09. The van der Waals surface area contributed by atoms with Gasteiger partial charge in [0.1, 0.15) is 0 Å². The predicted molar refractivity (Wildman–Crippen MR) is 57.1 cm³/mol. The summed E-state index contributed by atoms with van der Waals surface area (Å²) in [5.41, 5.74) is 6.68. The molecule has 2 rings (SSSR count). The van der Waals surface area contributed by atoms with E-state index in [1.165, 1.54) is 0 Å². The summed E-state index contributed by atoms with van der Waals surface area (Å²) in [4.78, 5) is 4.14. The molecule has 0 fully saturated rings. The first kappa shape index (κ1) is 10.5. The molecular weight excluding hydrogens is 206 g/mol. The first-order valence-corrected chi connectivity index (χ1v) is 4.79. The van der Waals surface area contributed by atoms with Crippen LogP contribution in [0.5, 0.6) is 0 Å². The van der Waals surface area contributed by atoms with Crippen molar-refractivity contribution in [3.63, 3.8) is 0 Å². The third kappa shape index (κ3) is 1.83. The molecule has 1 atom stereocenters. The van der Waals surface area contributed by atoms with Crippen molar-refractivity contribution in [2.75, 3.05) is 0 Å². The van der Waals surface area contributed by atoms with E-state index < -0.39 is 6.04 Å². The SMILES string of the molecule is C#CCC(N)c1nc(-c2occc2C)no1. The lowest BCUT2D eigenvalue weighted by molar-refractivity contribution is 0.356. The molecule has 0 aliphatic rings. The Kier molecular flexibility index (Phi) is 2.75. The van der Waals surface area contributed by atoms with Crippen LogP contribution in [0.3, 0.4) is 0 Å². The Labute approximate surface area is 92.6 Å². The summed E-state index contributed by atoms with van der Waals surface area (Å²) >= 11 is 0. The van der Waals surface area contributed by atoms with Crippen molar-refractivity contribution in [1.82, 2.24) is 10.1 Å². The third-order valence-corrected chi connectivity index (χ3v) is 2.16. The van der Waals surface area contributed by atoms with Gasteiger partial charge in [0.25, 0.3) is 0 Å². The molecule has 0 saturated carbocycles. The number of terminal acetylenes is 1. The zero-order chi connectivity index (χ0) is 11.5. The van der Waals surface area contributed by atoms with Crippen molar-refractivity contribution in [2.45, 2.75) is 19.4 Å². The summed E-state index contributed by atoms with van der Waals surface area (Å²) < 4.78 is 10.3. The van der Waals surface area contributed by atoms with Gasteiger partial charge < -0.3 is 14.7 Å². The smallest absolute Gasteiger partial charge is 0.244 e. The van der Waals surface area contributed by atoms with E-state index in [1.807, 2.05) is 13.0 Å². The molecule has 82 valence electrons. The van der Waals surface area contributed by atoms with Crippen molar-refractivity contribution < 1.29 is 8.94 Å². The fourth-order valence-electron chi connectivity index (χ4n) is 1.29. The highest BCUT2D eigenvalue weighted by molar-refractivity contribution is 5.51. The standard InChI is InChI=1S/C11H11N3O2/c1-3-4-8(12)11-13-10(14-16-11)9-7(2)5-6-15-9/h1,5-6,8H,4,12H2,2H3. The van der Waals surface area contributed by atoms with E-state index in [9.17, 15) is 0 Å². The number of rotatable bonds is 3. The van der Waals surface area contributed by atoms with Crippen LogP contribution in [0.1, 0.15) is 23.9 Å². The second-order valence-corrected chi connectivity index (χ2v) is 3.40. The van der Waals surface area contributed by atoms with Crippen molar-refractivity contribution in [1.29, 1.82) is 0 Å².